The smallest absolute Gasteiger partial charge is 0.338 e. The van der Waals surface area contributed by atoms with E-state index >= 15 is 0 Å². The molecule has 0 saturated carbocycles. The zero-order valence-corrected chi connectivity index (χ0v) is 17.6. The number of allylic oxidation sites excluding steroid dienone is 1. The molecule has 30 heavy (non-hydrogen) atoms. The minimum absolute atomic E-state index is 0.258. The van der Waals surface area contributed by atoms with E-state index in [0.717, 1.165) is 17.5 Å². The maximum Gasteiger partial charge on any atom is 0.338 e. The number of urea groups is 1. The van der Waals surface area contributed by atoms with Gasteiger partial charge in [0.15, 0.2) is 0 Å². The first-order valence-corrected chi connectivity index (χ1v) is 10.3. The summed E-state index contributed by atoms with van der Waals surface area (Å²) in [5, 5.41) is 5.64. The normalized spacial score (nSPS) is 16.1. The standard InChI is InChI=1S/C24H28N2O4/c1-4-9-20-21(23(27)30-16(2)3)22(26-24(28)25-20)18-12-8-13-19(14-18)29-15-17-10-6-5-7-11-17/h5-8,10-14,16,22H,4,9,15H2,1-3H3,(H2,25,26,28). The Morgan fingerprint density at radius 1 is 1.10 bits per heavy atom. The maximum absolute atomic E-state index is 12.9. The second-order valence-electron chi connectivity index (χ2n) is 7.47. The summed E-state index contributed by atoms with van der Waals surface area (Å²) in [5.74, 6) is 0.235. The van der Waals surface area contributed by atoms with E-state index in [2.05, 4.69) is 10.6 Å². The molecule has 158 valence electrons. The molecule has 1 aliphatic rings. The van der Waals surface area contributed by atoms with Crippen LogP contribution in [0.2, 0.25) is 0 Å². The van der Waals surface area contributed by atoms with Crippen LogP contribution in [0, 0.1) is 0 Å². The first-order valence-electron chi connectivity index (χ1n) is 10.3. The zero-order chi connectivity index (χ0) is 21.5. The highest BCUT2D eigenvalue weighted by Gasteiger charge is 2.33. The van der Waals surface area contributed by atoms with Gasteiger partial charge in [-0.25, -0.2) is 9.59 Å². The van der Waals surface area contributed by atoms with E-state index in [-0.39, 0.29) is 12.1 Å². The van der Waals surface area contributed by atoms with Gasteiger partial charge in [-0.15, -0.1) is 0 Å². The summed E-state index contributed by atoms with van der Waals surface area (Å²) in [4.78, 5) is 25.2. The molecular weight excluding hydrogens is 380 g/mol. The van der Waals surface area contributed by atoms with Crippen molar-refractivity contribution < 1.29 is 19.1 Å². The maximum atomic E-state index is 12.9. The van der Waals surface area contributed by atoms with Crippen LogP contribution in [-0.2, 0) is 16.1 Å². The first kappa shape index (κ1) is 21.4. The van der Waals surface area contributed by atoms with Crippen molar-refractivity contribution in [2.45, 2.75) is 52.4 Å². The molecule has 6 nitrogen and oxygen atoms in total. The van der Waals surface area contributed by atoms with Crippen molar-refractivity contribution in [1.29, 1.82) is 0 Å². The van der Waals surface area contributed by atoms with Gasteiger partial charge in [-0.1, -0.05) is 55.8 Å². The Balaban J connectivity index is 1.89. The highest BCUT2D eigenvalue weighted by atomic mass is 16.5. The predicted octanol–water partition coefficient (Wildman–Crippen LogP) is 4.63. The van der Waals surface area contributed by atoms with Gasteiger partial charge in [-0.3, -0.25) is 0 Å². The Kier molecular flexibility index (Phi) is 7.12. The molecule has 0 bridgehead atoms. The van der Waals surface area contributed by atoms with Crippen LogP contribution in [0.4, 0.5) is 4.79 Å². The van der Waals surface area contributed by atoms with E-state index in [1.165, 1.54) is 0 Å². The molecule has 1 aliphatic heterocycles. The molecule has 1 atom stereocenters. The number of carbonyl (C=O) groups is 2. The van der Waals surface area contributed by atoms with Crippen molar-refractivity contribution in [2.75, 3.05) is 0 Å². The molecule has 2 amide bonds. The minimum Gasteiger partial charge on any atom is -0.489 e. The molecular formula is C24H28N2O4. The highest BCUT2D eigenvalue weighted by Crippen LogP contribution is 2.31. The monoisotopic (exact) mass is 408 g/mol. The fourth-order valence-electron chi connectivity index (χ4n) is 3.36. The van der Waals surface area contributed by atoms with Crippen LogP contribution in [-0.4, -0.2) is 18.1 Å². The van der Waals surface area contributed by atoms with Crippen LogP contribution in [0.25, 0.3) is 0 Å². The van der Waals surface area contributed by atoms with Crippen LogP contribution in [0.5, 0.6) is 5.75 Å². The topological polar surface area (TPSA) is 76.7 Å². The molecule has 2 N–H and O–H groups in total. The lowest BCUT2D eigenvalue weighted by molar-refractivity contribution is -0.143. The average molecular weight is 408 g/mol. The zero-order valence-electron chi connectivity index (χ0n) is 17.6. The summed E-state index contributed by atoms with van der Waals surface area (Å²) in [5.41, 5.74) is 2.86. The Bertz CT molecular complexity index is 922. The highest BCUT2D eigenvalue weighted by molar-refractivity contribution is 5.95. The summed E-state index contributed by atoms with van der Waals surface area (Å²) in [6, 6.07) is 16.4. The third-order valence-electron chi connectivity index (χ3n) is 4.66. The fourth-order valence-corrected chi connectivity index (χ4v) is 3.36. The van der Waals surface area contributed by atoms with Gasteiger partial charge in [0.25, 0.3) is 0 Å². The van der Waals surface area contributed by atoms with Crippen LogP contribution < -0.4 is 15.4 Å². The third kappa shape index (κ3) is 5.41. The number of benzene rings is 2. The number of nitrogens with one attached hydrogen (secondary N) is 2. The second-order valence-corrected chi connectivity index (χ2v) is 7.47. The van der Waals surface area contributed by atoms with Gasteiger partial charge in [-0.05, 0) is 43.5 Å². The van der Waals surface area contributed by atoms with E-state index in [0.29, 0.717) is 30.0 Å². The quantitative estimate of drug-likeness (QED) is 0.625. The largest absolute Gasteiger partial charge is 0.489 e. The van der Waals surface area contributed by atoms with Crippen molar-refractivity contribution in [3.8, 4) is 5.75 Å². The molecule has 1 heterocycles. The predicted molar refractivity (Wildman–Crippen MR) is 115 cm³/mol. The molecule has 3 rings (SSSR count). The Labute approximate surface area is 177 Å². The molecule has 1 unspecified atom stereocenters. The second kappa shape index (κ2) is 9.96. The molecule has 0 fully saturated rings. The molecule has 6 heteroatoms. The number of ether oxygens (including phenoxy) is 2. The fraction of sp³-hybridized carbons (Fsp3) is 0.333. The summed E-state index contributed by atoms with van der Waals surface area (Å²) < 4.78 is 11.4. The lowest BCUT2D eigenvalue weighted by Crippen LogP contribution is -2.46. The summed E-state index contributed by atoms with van der Waals surface area (Å²) in [7, 11) is 0. The van der Waals surface area contributed by atoms with Crippen molar-refractivity contribution in [2.24, 2.45) is 0 Å². The van der Waals surface area contributed by atoms with Crippen LogP contribution >= 0.6 is 0 Å². The van der Waals surface area contributed by atoms with E-state index in [1.807, 2.05) is 61.5 Å². The van der Waals surface area contributed by atoms with Crippen molar-refractivity contribution >= 4 is 12.0 Å². The summed E-state index contributed by atoms with van der Waals surface area (Å²) in [6.07, 6.45) is 1.11. The van der Waals surface area contributed by atoms with Crippen molar-refractivity contribution in [3.05, 3.63) is 77.0 Å². The number of amides is 2. The van der Waals surface area contributed by atoms with Gasteiger partial charge in [-0.2, -0.15) is 0 Å². The Hall–Kier alpha value is -3.28. The van der Waals surface area contributed by atoms with Gasteiger partial charge >= 0.3 is 12.0 Å². The van der Waals surface area contributed by atoms with Gasteiger partial charge < -0.3 is 20.1 Å². The third-order valence-corrected chi connectivity index (χ3v) is 4.66. The van der Waals surface area contributed by atoms with Gasteiger partial charge in [0.2, 0.25) is 0 Å². The molecule has 0 saturated heterocycles. The molecule has 2 aromatic carbocycles. The van der Waals surface area contributed by atoms with Crippen molar-refractivity contribution in [3.63, 3.8) is 0 Å². The number of esters is 1. The van der Waals surface area contributed by atoms with Crippen LogP contribution in [0.3, 0.4) is 0 Å². The van der Waals surface area contributed by atoms with Crippen LogP contribution in [0.15, 0.2) is 65.9 Å². The number of carbonyl (C=O) groups excluding carboxylic acids is 2. The van der Waals surface area contributed by atoms with Crippen LogP contribution in [0.1, 0.15) is 50.8 Å². The molecule has 0 aliphatic carbocycles. The van der Waals surface area contributed by atoms with E-state index in [4.69, 9.17) is 9.47 Å². The summed E-state index contributed by atoms with van der Waals surface area (Å²) >= 11 is 0. The van der Waals surface area contributed by atoms with Gasteiger partial charge in [0.05, 0.1) is 17.7 Å². The van der Waals surface area contributed by atoms with Crippen molar-refractivity contribution in [1.82, 2.24) is 10.6 Å². The van der Waals surface area contributed by atoms with E-state index < -0.39 is 12.0 Å². The minimum atomic E-state index is -0.605. The summed E-state index contributed by atoms with van der Waals surface area (Å²) in [6.45, 7) is 6.04. The van der Waals surface area contributed by atoms with E-state index in [1.54, 1.807) is 13.8 Å². The number of hydrogen-bond donors (Lipinski definition) is 2. The Morgan fingerprint density at radius 2 is 1.87 bits per heavy atom. The molecule has 0 aromatic heterocycles. The van der Waals surface area contributed by atoms with Gasteiger partial charge in [0, 0.05) is 5.70 Å². The lowest BCUT2D eigenvalue weighted by atomic mass is 9.93. The van der Waals surface area contributed by atoms with Gasteiger partial charge in [0.1, 0.15) is 12.4 Å². The first-order chi connectivity index (χ1) is 14.5. The molecule has 0 radical (unpaired) electrons. The SMILES string of the molecule is CCCC1=C(C(=O)OC(C)C)C(c2cccc(OCc3ccccc3)c2)NC(=O)N1. The number of rotatable bonds is 8. The number of hydrogen-bond acceptors (Lipinski definition) is 4. The van der Waals surface area contributed by atoms with E-state index in [9.17, 15) is 9.59 Å². The lowest BCUT2D eigenvalue weighted by Gasteiger charge is -2.30. The Morgan fingerprint density at radius 3 is 2.57 bits per heavy atom. The molecule has 2 aromatic rings. The molecule has 0 spiro atoms. The average Bonchev–Trinajstić information content (AvgIpc) is 2.72.